The third-order valence-corrected chi connectivity index (χ3v) is 3.91. The number of carbonyl (C=O) groups is 2. The van der Waals surface area contributed by atoms with Crippen LogP contribution < -0.4 is 10.6 Å². The summed E-state index contributed by atoms with van der Waals surface area (Å²) >= 11 is 0. The molecular formula is C19H20N4O3. The number of hydrogen-bond acceptors (Lipinski definition) is 4. The summed E-state index contributed by atoms with van der Waals surface area (Å²) in [5.74, 6) is 0.149. The summed E-state index contributed by atoms with van der Waals surface area (Å²) in [5, 5.41) is 9.60. The van der Waals surface area contributed by atoms with Gasteiger partial charge in [0.15, 0.2) is 0 Å². The molecule has 134 valence electrons. The van der Waals surface area contributed by atoms with Gasteiger partial charge in [0.2, 0.25) is 5.91 Å². The largest absolute Gasteiger partial charge is 0.467 e. The highest BCUT2D eigenvalue weighted by Gasteiger charge is 2.18. The van der Waals surface area contributed by atoms with E-state index in [2.05, 4.69) is 15.7 Å². The van der Waals surface area contributed by atoms with Crippen LogP contribution in [0, 0.1) is 0 Å². The number of furan rings is 1. The van der Waals surface area contributed by atoms with Crippen molar-refractivity contribution >= 4 is 17.5 Å². The fourth-order valence-electron chi connectivity index (χ4n) is 2.58. The molecule has 3 aromatic rings. The van der Waals surface area contributed by atoms with E-state index in [4.69, 9.17) is 4.42 Å². The first-order chi connectivity index (χ1) is 12.6. The topological polar surface area (TPSA) is 89.2 Å². The van der Waals surface area contributed by atoms with Gasteiger partial charge in [0.05, 0.1) is 24.7 Å². The van der Waals surface area contributed by atoms with Crippen LogP contribution in [-0.4, -0.2) is 21.6 Å². The van der Waals surface area contributed by atoms with Gasteiger partial charge in [0, 0.05) is 13.5 Å². The van der Waals surface area contributed by atoms with Gasteiger partial charge in [-0.2, -0.15) is 5.10 Å². The molecule has 0 radical (unpaired) electrons. The first-order valence-corrected chi connectivity index (χ1v) is 8.30. The fourth-order valence-corrected chi connectivity index (χ4v) is 2.58. The molecule has 0 unspecified atom stereocenters. The lowest BCUT2D eigenvalue weighted by atomic mass is 10.1. The Hall–Kier alpha value is -3.35. The second-order valence-corrected chi connectivity index (χ2v) is 5.83. The van der Waals surface area contributed by atoms with E-state index in [9.17, 15) is 9.59 Å². The van der Waals surface area contributed by atoms with Crippen molar-refractivity contribution in [1.29, 1.82) is 0 Å². The van der Waals surface area contributed by atoms with Crippen LogP contribution in [0.5, 0.6) is 0 Å². The molecule has 0 saturated carbocycles. The maximum absolute atomic E-state index is 12.4. The summed E-state index contributed by atoms with van der Waals surface area (Å²) in [6.45, 7) is 0.262. The Morgan fingerprint density at radius 3 is 2.69 bits per heavy atom. The molecule has 26 heavy (non-hydrogen) atoms. The number of aryl methyl sites for hydroxylation is 2. The van der Waals surface area contributed by atoms with Gasteiger partial charge in [0.25, 0.3) is 5.91 Å². The number of aromatic nitrogens is 2. The first-order valence-electron chi connectivity index (χ1n) is 8.30. The third-order valence-electron chi connectivity index (χ3n) is 3.91. The molecule has 7 nitrogen and oxygen atoms in total. The molecule has 0 bridgehead atoms. The molecule has 2 N–H and O–H groups in total. The normalized spacial score (nSPS) is 10.5. The summed E-state index contributed by atoms with van der Waals surface area (Å²) in [5.41, 5.74) is 1.78. The van der Waals surface area contributed by atoms with Crippen LogP contribution in [0.1, 0.15) is 28.2 Å². The van der Waals surface area contributed by atoms with Crippen molar-refractivity contribution in [2.45, 2.75) is 19.4 Å². The van der Waals surface area contributed by atoms with Gasteiger partial charge in [0.1, 0.15) is 11.5 Å². The van der Waals surface area contributed by atoms with Crippen LogP contribution in [0.25, 0.3) is 0 Å². The first kappa shape index (κ1) is 17.5. The molecule has 0 aliphatic carbocycles. The van der Waals surface area contributed by atoms with Crippen LogP contribution in [0.3, 0.4) is 0 Å². The van der Waals surface area contributed by atoms with E-state index in [-0.39, 0.29) is 18.4 Å². The molecule has 7 heteroatoms. The van der Waals surface area contributed by atoms with Crippen LogP contribution >= 0.6 is 0 Å². The summed E-state index contributed by atoms with van der Waals surface area (Å²) in [7, 11) is 1.65. The predicted octanol–water partition coefficient (Wildman–Crippen LogP) is 2.51. The maximum atomic E-state index is 12.4. The van der Waals surface area contributed by atoms with Crippen LogP contribution in [0.2, 0.25) is 0 Å². The lowest BCUT2D eigenvalue weighted by Gasteiger charge is -2.08. The van der Waals surface area contributed by atoms with Gasteiger partial charge >= 0.3 is 0 Å². The Balaban J connectivity index is 1.59. The molecule has 0 saturated heterocycles. The molecule has 1 aromatic carbocycles. The van der Waals surface area contributed by atoms with Gasteiger partial charge in [-0.15, -0.1) is 0 Å². The minimum atomic E-state index is -0.334. The Labute approximate surface area is 151 Å². The van der Waals surface area contributed by atoms with E-state index in [1.807, 2.05) is 30.3 Å². The number of anilines is 1. The molecular weight excluding hydrogens is 332 g/mol. The van der Waals surface area contributed by atoms with Gasteiger partial charge in [-0.05, 0) is 24.1 Å². The molecule has 0 aliphatic heterocycles. The number of nitrogens with one attached hydrogen (secondary N) is 2. The van der Waals surface area contributed by atoms with Crippen molar-refractivity contribution in [1.82, 2.24) is 15.1 Å². The molecule has 2 amide bonds. The summed E-state index contributed by atoms with van der Waals surface area (Å²) in [4.78, 5) is 24.7. The zero-order chi connectivity index (χ0) is 18.4. The molecule has 0 fully saturated rings. The van der Waals surface area contributed by atoms with Gasteiger partial charge in [-0.1, -0.05) is 30.3 Å². The average molecular weight is 352 g/mol. The van der Waals surface area contributed by atoms with E-state index in [1.54, 1.807) is 25.4 Å². The van der Waals surface area contributed by atoms with E-state index < -0.39 is 0 Å². The second-order valence-electron chi connectivity index (χ2n) is 5.83. The number of carbonyl (C=O) groups excluding carboxylic acids is 2. The quantitative estimate of drug-likeness (QED) is 0.684. The summed E-state index contributed by atoms with van der Waals surface area (Å²) < 4.78 is 6.63. The third kappa shape index (κ3) is 4.38. The number of rotatable bonds is 7. The molecule has 3 rings (SSSR count). The molecule has 0 aliphatic rings. The Bertz CT molecular complexity index is 870. The van der Waals surface area contributed by atoms with Gasteiger partial charge < -0.3 is 15.1 Å². The van der Waals surface area contributed by atoms with Gasteiger partial charge in [-0.25, -0.2) is 0 Å². The standard InChI is InChI=1S/C19H20N4O3/c1-23-18(19(25)20-12-15-8-5-11-26-15)16(13-21-23)22-17(24)10-9-14-6-3-2-4-7-14/h2-8,11,13H,9-10,12H2,1H3,(H,20,25)(H,22,24). The zero-order valence-corrected chi connectivity index (χ0v) is 14.4. The predicted molar refractivity (Wildman–Crippen MR) is 96.5 cm³/mol. The van der Waals surface area contributed by atoms with E-state index in [0.717, 1.165) is 5.56 Å². The average Bonchev–Trinajstić information content (AvgIpc) is 3.29. The lowest BCUT2D eigenvalue weighted by molar-refractivity contribution is -0.116. The zero-order valence-electron chi connectivity index (χ0n) is 14.4. The Morgan fingerprint density at radius 2 is 1.96 bits per heavy atom. The summed E-state index contributed by atoms with van der Waals surface area (Å²) in [6, 6.07) is 13.3. The van der Waals surface area contributed by atoms with Crippen molar-refractivity contribution in [3.63, 3.8) is 0 Å². The van der Waals surface area contributed by atoms with Crippen molar-refractivity contribution in [3.05, 3.63) is 71.9 Å². The Kier molecular flexibility index (Phi) is 5.48. The second kappa shape index (κ2) is 8.15. The van der Waals surface area contributed by atoms with Crippen LogP contribution in [0.4, 0.5) is 5.69 Å². The van der Waals surface area contributed by atoms with Crippen molar-refractivity contribution in [2.24, 2.45) is 7.05 Å². The minimum absolute atomic E-state index is 0.165. The fraction of sp³-hybridized carbons (Fsp3) is 0.211. The summed E-state index contributed by atoms with van der Waals surface area (Å²) in [6.07, 6.45) is 3.98. The smallest absolute Gasteiger partial charge is 0.272 e. The molecule has 0 spiro atoms. The number of amides is 2. The highest BCUT2D eigenvalue weighted by Crippen LogP contribution is 2.15. The van der Waals surface area contributed by atoms with Crippen molar-refractivity contribution in [3.8, 4) is 0 Å². The number of hydrogen-bond donors (Lipinski definition) is 2. The monoisotopic (exact) mass is 352 g/mol. The van der Waals surface area contributed by atoms with Crippen molar-refractivity contribution < 1.29 is 14.0 Å². The van der Waals surface area contributed by atoms with Gasteiger partial charge in [-0.3, -0.25) is 14.3 Å². The van der Waals surface area contributed by atoms with E-state index in [0.29, 0.717) is 30.0 Å². The minimum Gasteiger partial charge on any atom is -0.467 e. The highest BCUT2D eigenvalue weighted by atomic mass is 16.3. The SMILES string of the molecule is Cn1ncc(NC(=O)CCc2ccccc2)c1C(=O)NCc1ccco1. The van der Waals surface area contributed by atoms with Crippen molar-refractivity contribution in [2.75, 3.05) is 5.32 Å². The lowest BCUT2D eigenvalue weighted by Crippen LogP contribution is -2.26. The van der Waals surface area contributed by atoms with E-state index in [1.165, 1.54) is 10.9 Å². The Morgan fingerprint density at radius 1 is 1.15 bits per heavy atom. The molecule has 2 heterocycles. The van der Waals surface area contributed by atoms with Crippen LogP contribution in [-0.2, 0) is 24.8 Å². The van der Waals surface area contributed by atoms with E-state index >= 15 is 0 Å². The molecule has 0 atom stereocenters. The number of nitrogens with zero attached hydrogens (tertiary/aromatic N) is 2. The molecule has 2 aromatic heterocycles. The highest BCUT2D eigenvalue weighted by molar-refractivity contribution is 6.02. The van der Waals surface area contributed by atoms with Crippen LogP contribution in [0.15, 0.2) is 59.3 Å². The number of benzene rings is 1. The maximum Gasteiger partial charge on any atom is 0.272 e.